The Morgan fingerprint density at radius 1 is 1.24 bits per heavy atom. The first-order valence-electron chi connectivity index (χ1n) is 8.19. The van der Waals surface area contributed by atoms with Gasteiger partial charge in [0.1, 0.15) is 6.61 Å². The predicted molar refractivity (Wildman–Crippen MR) is 97.8 cm³/mol. The zero-order valence-corrected chi connectivity index (χ0v) is 14.3. The number of nitrogens with one attached hydrogen (secondary N) is 1. The van der Waals surface area contributed by atoms with E-state index in [2.05, 4.69) is 16.9 Å². The molecule has 1 aromatic rings. The van der Waals surface area contributed by atoms with Crippen LogP contribution in [0, 0.1) is 0 Å². The second-order valence-corrected chi connectivity index (χ2v) is 5.48. The molecule has 0 spiro atoms. The summed E-state index contributed by atoms with van der Waals surface area (Å²) in [6, 6.07) is 8.60. The highest BCUT2D eigenvalue weighted by atomic mass is 16.5. The van der Waals surface area contributed by atoms with Gasteiger partial charge in [-0.05, 0) is 24.8 Å². The smallest absolute Gasteiger partial charge is 0.376 e. The number of nitrogens with two attached hydrogens (primary N) is 2. The van der Waals surface area contributed by atoms with E-state index in [0.29, 0.717) is 25.9 Å². The van der Waals surface area contributed by atoms with Crippen LogP contribution in [0.1, 0.15) is 24.8 Å². The molecular formula is C18H26N4O3. The Labute approximate surface area is 148 Å². The van der Waals surface area contributed by atoms with E-state index in [1.807, 2.05) is 30.3 Å². The first-order valence-corrected chi connectivity index (χ1v) is 8.19. The largest absolute Gasteiger partial charge is 0.455 e. The fourth-order valence-corrected chi connectivity index (χ4v) is 2.16. The second-order valence-electron chi connectivity index (χ2n) is 5.48. The maximum atomic E-state index is 12.3. The number of aliphatic imine (C=N–C) groups is 1. The number of Topliss-reactive ketones (excluding diaryl/α,β-unsaturated/α-hetero) is 1. The van der Waals surface area contributed by atoms with Crippen molar-refractivity contribution in [1.82, 2.24) is 5.32 Å². The average Bonchev–Trinajstić information content (AvgIpc) is 2.62. The Bertz CT molecular complexity index is 583. The van der Waals surface area contributed by atoms with Crippen LogP contribution in [0.25, 0.3) is 0 Å². The third kappa shape index (κ3) is 8.66. The normalized spacial score (nSPS) is 11.4. The van der Waals surface area contributed by atoms with Gasteiger partial charge >= 0.3 is 5.97 Å². The van der Waals surface area contributed by atoms with E-state index in [1.165, 1.54) is 0 Å². The van der Waals surface area contributed by atoms with Crippen molar-refractivity contribution in [2.45, 2.75) is 31.9 Å². The van der Waals surface area contributed by atoms with Crippen molar-refractivity contribution in [1.29, 1.82) is 0 Å². The van der Waals surface area contributed by atoms with Gasteiger partial charge in [-0.2, -0.15) is 0 Å². The quantitative estimate of drug-likeness (QED) is 0.129. The van der Waals surface area contributed by atoms with Gasteiger partial charge in [0.25, 0.3) is 5.78 Å². The van der Waals surface area contributed by atoms with Crippen LogP contribution in [0.2, 0.25) is 0 Å². The van der Waals surface area contributed by atoms with Crippen LogP contribution in [0.3, 0.4) is 0 Å². The van der Waals surface area contributed by atoms with Gasteiger partial charge in [0, 0.05) is 13.1 Å². The molecule has 136 valence electrons. The van der Waals surface area contributed by atoms with Crippen molar-refractivity contribution >= 4 is 17.7 Å². The van der Waals surface area contributed by atoms with Crippen molar-refractivity contribution in [2.24, 2.45) is 16.5 Å². The lowest BCUT2D eigenvalue weighted by Gasteiger charge is -2.15. The summed E-state index contributed by atoms with van der Waals surface area (Å²) in [6.07, 6.45) is 3.54. The lowest BCUT2D eigenvalue weighted by molar-refractivity contribution is -0.155. The minimum Gasteiger partial charge on any atom is -0.455 e. The van der Waals surface area contributed by atoms with Crippen molar-refractivity contribution < 1.29 is 14.3 Å². The molecule has 25 heavy (non-hydrogen) atoms. The first-order chi connectivity index (χ1) is 12.0. The third-order valence-electron chi connectivity index (χ3n) is 3.43. The van der Waals surface area contributed by atoms with Gasteiger partial charge in [-0.1, -0.05) is 36.4 Å². The molecule has 7 heteroatoms. The van der Waals surface area contributed by atoms with Crippen molar-refractivity contribution in [3.05, 3.63) is 48.6 Å². The number of rotatable bonds is 12. The van der Waals surface area contributed by atoms with Crippen LogP contribution < -0.4 is 16.8 Å². The molecule has 0 saturated heterocycles. The number of ketones is 1. The van der Waals surface area contributed by atoms with Gasteiger partial charge in [-0.15, -0.1) is 6.58 Å². The summed E-state index contributed by atoms with van der Waals surface area (Å²) in [6.45, 7) is 4.60. The number of esters is 1. The summed E-state index contributed by atoms with van der Waals surface area (Å²) >= 11 is 0. The van der Waals surface area contributed by atoms with Crippen molar-refractivity contribution in [3.63, 3.8) is 0 Å². The zero-order valence-electron chi connectivity index (χ0n) is 14.3. The van der Waals surface area contributed by atoms with Crippen LogP contribution in [-0.4, -0.2) is 36.8 Å². The maximum Gasteiger partial charge on any atom is 0.376 e. The number of unbranched alkanes of at least 4 members (excludes halogenated alkanes) is 1. The van der Waals surface area contributed by atoms with Gasteiger partial charge < -0.3 is 21.5 Å². The molecule has 0 aliphatic heterocycles. The lowest BCUT2D eigenvalue weighted by Crippen LogP contribution is -2.41. The van der Waals surface area contributed by atoms with E-state index in [9.17, 15) is 9.59 Å². The Hall–Kier alpha value is -2.67. The van der Waals surface area contributed by atoms with E-state index < -0.39 is 17.8 Å². The molecule has 0 aromatic heterocycles. The third-order valence-corrected chi connectivity index (χ3v) is 3.43. The Morgan fingerprint density at radius 2 is 1.96 bits per heavy atom. The molecule has 0 saturated carbocycles. The van der Waals surface area contributed by atoms with E-state index in [1.54, 1.807) is 6.08 Å². The number of ether oxygens (including phenoxy) is 1. The number of carbonyl (C=O) groups excluding carboxylic acids is 2. The van der Waals surface area contributed by atoms with Crippen molar-refractivity contribution in [3.8, 4) is 0 Å². The zero-order chi connectivity index (χ0) is 18.5. The van der Waals surface area contributed by atoms with Gasteiger partial charge in [0.2, 0.25) is 0 Å². The second kappa shape index (κ2) is 11.8. The summed E-state index contributed by atoms with van der Waals surface area (Å²) < 4.78 is 5.10. The van der Waals surface area contributed by atoms with E-state index in [0.717, 1.165) is 12.0 Å². The molecule has 1 aromatic carbocycles. The molecule has 0 fully saturated rings. The number of carbonyl (C=O) groups is 2. The molecule has 1 atom stereocenters. The molecule has 1 rings (SSSR count). The van der Waals surface area contributed by atoms with Crippen LogP contribution >= 0.6 is 0 Å². The number of guanidine groups is 1. The fraction of sp³-hybridized carbons (Fsp3) is 0.389. The van der Waals surface area contributed by atoms with E-state index in [-0.39, 0.29) is 12.6 Å². The summed E-state index contributed by atoms with van der Waals surface area (Å²) in [5, 5.41) is 2.99. The lowest BCUT2D eigenvalue weighted by atomic mass is 10.1. The highest BCUT2D eigenvalue weighted by Gasteiger charge is 2.25. The summed E-state index contributed by atoms with van der Waals surface area (Å²) in [5.41, 5.74) is 11.3. The Kier molecular flexibility index (Phi) is 9.62. The number of nitrogens with zero attached hydrogens (tertiary/aromatic N) is 1. The Morgan fingerprint density at radius 3 is 2.60 bits per heavy atom. The highest BCUT2D eigenvalue weighted by Crippen LogP contribution is 2.06. The average molecular weight is 346 g/mol. The van der Waals surface area contributed by atoms with Gasteiger partial charge in [0.15, 0.2) is 5.96 Å². The fourth-order valence-electron chi connectivity index (χ4n) is 2.16. The molecule has 5 N–H and O–H groups in total. The maximum absolute atomic E-state index is 12.3. The molecule has 0 radical (unpaired) electrons. The van der Waals surface area contributed by atoms with Gasteiger partial charge in [-0.25, -0.2) is 4.79 Å². The summed E-state index contributed by atoms with van der Waals surface area (Å²) in [7, 11) is 0. The van der Waals surface area contributed by atoms with Gasteiger partial charge in [0.05, 0.1) is 6.04 Å². The molecule has 0 unspecified atom stereocenters. The molecule has 7 nitrogen and oxygen atoms in total. The van der Waals surface area contributed by atoms with Gasteiger partial charge in [-0.3, -0.25) is 9.79 Å². The Balaban J connectivity index is 2.48. The van der Waals surface area contributed by atoms with E-state index >= 15 is 0 Å². The topological polar surface area (TPSA) is 120 Å². The molecule has 0 aliphatic carbocycles. The summed E-state index contributed by atoms with van der Waals surface area (Å²) in [4.78, 5) is 28.2. The standard InChI is InChI=1S/C18H26N4O3/c1-2-11-21-15(10-6-7-12-22-18(19)20)16(23)17(24)25-13-14-8-4-3-5-9-14/h2-5,8-9,15,21H,1,6-7,10-13H2,(H4,19,20,22)/t15-/m0/s1. The molecule has 0 heterocycles. The van der Waals surface area contributed by atoms with Crippen LogP contribution in [0.15, 0.2) is 48.0 Å². The minimum absolute atomic E-state index is 0.0434. The highest BCUT2D eigenvalue weighted by molar-refractivity contribution is 6.35. The summed E-state index contributed by atoms with van der Waals surface area (Å²) in [5.74, 6) is -1.38. The molecule has 0 amide bonds. The molecule has 0 aliphatic rings. The molecule has 0 bridgehead atoms. The van der Waals surface area contributed by atoms with E-state index in [4.69, 9.17) is 16.2 Å². The first kappa shape index (κ1) is 20.4. The number of benzene rings is 1. The van der Waals surface area contributed by atoms with Crippen LogP contribution in [0.5, 0.6) is 0 Å². The minimum atomic E-state index is -0.838. The van der Waals surface area contributed by atoms with Crippen LogP contribution in [-0.2, 0) is 20.9 Å². The van der Waals surface area contributed by atoms with Crippen molar-refractivity contribution in [2.75, 3.05) is 13.1 Å². The molecular weight excluding hydrogens is 320 g/mol. The number of hydrogen-bond donors (Lipinski definition) is 3. The monoisotopic (exact) mass is 346 g/mol. The SMILES string of the molecule is C=CCN[C@@H](CCCCN=C(N)N)C(=O)C(=O)OCc1ccccc1. The number of hydrogen-bond acceptors (Lipinski definition) is 5. The predicted octanol–water partition coefficient (Wildman–Crippen LogP) is 0.887. The van der Waals surface area contributed by atoms with Crippen LogP contribution in [0.4, 0.5) is 0 Å².